The lowest BCUT2D eigenvalue weighted by molar-refractivity contribution is -0.130. The van der Waals surface area contributed by atoms with E-state index in [1.807, 2.05) is 47.4 Å². The Bertz CT molecular complexity index is 1210. The van der Waals surface area contributed by atoms with Crippen molar-refractivity contribution in [1.29, 1.82) is 0 Å². The third-order valence-electron chi connectivity index (χ3n) is 6.52. The highest BCUT2D eigenvalue weighted by molar-refractivity contribution is 6.29. The lowest BCUT2D eigenvalue weighted by atomic mass is 9.94. The van der Waals surface area contributed by atoms with E-state index in [9.17, 15) is 9.59 Å². The van der Waals surface area contributed by atoms with Crippen LogP contribution in [0.15, 0.2) is 48.5 Å². The maximum Gasteiger partial charge on any atom is 0.262 e. The van der Waals surface area contributed by atoms with Gasteiger partial charge in [0.25, 0.3) is 5.91 Å². The SMILES string of the molecule is CC(=O)N1CCC(CCOC2c3ccccc3C(=O)N2c2ccc3ccc(Cl)nc3n2)CC1. The normalized spacial score (nSPS) is 18.7. The van der Waals surface area contributed by atoms with E-state index >= 15 is 0 Å². The molecule has 0 spiro atoms. The Labute approximate surface area is 197 Å². The number of halogens is 1. The first-order valence-corrected chi connectivity index (χ1v) is 11.6. The number of carbonyl (C=O) groups excluding carboxylic acids is 2. The number of likely N-dealkylation sites (tertiary alicyclic amines) is 1. The summed E-state index contributed by atoms with van der Waals surface area (Å²) in [6.07, 6.45) is 2.29. The number of aromatic nitrogens is 2. The Morgan fingerprint density at radius 1 is 1.09 bits per heavy atom. The molecule has 2 aliphatic heterocycles. The molecule has 0 aliphatic carbocycles. The average Bonchev–Trinajstić information content (AvgIpc) is 3.10. The molecule has 1 saturated heterocycles. The second kappa shape index (κ2) is 9.08. The number of anilines is 1. The van der Waals surface area contributed by atoms with Crippen LogP contribution in [0.1, 0.15) is 48.3 Å². The third-order valence-corrected chi connectivity index (χ3v) is 6.73. The largest absolute Gasteiger partial charge is 0.353 e. The fraction of sp³-hybridized carbons (Fsp3) is 0.360. The molecule has 1 atom stereocenters. The van der Waals surface area contributed by atoms with E-state index in [-0.39, 0.29) is 11.8 Å². The summed E-state index contributed by atoms with van der Waals surface area (Å²) in [5.41, 5.74) is 1.95. The van der Waals surface area contributed by atoms with Crippen molar-refractivity contribution < 1.29 is 14.3 Å². The minimum Gasteiger partial charge on any atom is -0.353 e. The fourth-order valence-corrected chi connectivity index (χ4v) is 4.80. The molecule has 170 valence electrons. The van der Waals surface area contributed by atoms with Crippen molar-refractivity contribution in [3.63, 3.8) is 0 Å². The molecular weight excluding hydrogens is 440 g/mol. The minimum absolute atomic E-state index is 0.139. The van der Waals surface area contributed by atoms with Gasteiger partial charge in [0.2, 0.25) is 5.91 Å². The van der Waals surface area contributed by atoms with Crippen LogP contribution in [-0.2, 0) is 9.53 Å². The van der Waals surface area contributed by atoms with Gasteiger partial charge in [-0.15, -0.1) is 0 Å². The van der Waals surface area contributed by atoms with Crippen LogP contribution >= 0.6 is 11.6 Å². The molecule has 3 aromatic rings. The summed E-state index contributed by atoms with van der Waals surface area (Å²) in [6.45, 7) is 3.74. The molecule has 0 bridgehead atoms. The molecule has 8 heteroatoms. The number of ether oxygens (including phenoxy) is 1. The lowest BCUT2D eigenvalue weighted by Crippen LogP contribution is -2.37. The number of pyridine rings is 2. The lowest BCUT2D eigenvalue weighted by Gasteiger charge is -2.32. The highest BCUT2D eigenvalue weighted by atomic mass is 35.5. The van der Waals surface area contributed by atoms with Gasteiger partial charge in [0.15, 0.2) is 11.9 Å². The van der Waals surface area contributed by atoms with Crippen LogP contribution < -0.4 is 4.90 Å². The average molecular weight is 465 g/mol. The summed E-state index contributed by atoms with van der Waals surface area (Å²) >= 11 is 6.05. The number of carbonyl (C=O) groups is 2. The molecule has 0 N–H and O–H groups in total. The molecule has 0 saturated carbocycles. The van der Waals surface area contributed by atoms with Crippen molar-refractivity contribution in [2.75, 3.05) is 24.6 Å². The Morgan fingerprint density at radius 2 is 1.85 bits per heavy atom. The van der Waals surface area contributed by atoms with E-state index in [1.54, 1.807) is 17.9 Å². The third kappa shape index (κ3) is 4.30. The molecule has 2 aliphatic rings. The predicted molar refractivity (Wildman–Crippen MR) is 126 cm³/mol. The zero-order valence-corrected chi connectivity index (χ0v) is 19.2. The number of nitrogens with zero attached hydrogens (tertiary/aromatic N) is 4. The topological polar surface area (TPSA) is 75.6 Å². The molecule has 1 aromatic carbocycles. The standard InChI is InChI=1S/C25H25ClN4O3/c1-16(31)29-13-10-17(11-14-29)12-15-33-25-20-5-3-2-4-19(20)24(32)30(25)22-9-7-18-6-8-21(26)27-23(18)28-22/h2-9,17,25H,10-15H2,1H3. The van der Waals surface area contributed by atoms with E-state index in [0.29, 0.717) is 34.7 Å². The summed E-state index contributed by atoms with van der Waals surface area (Å²) in [5.74, 6) is 0.990. The first-order valence-electron chi connectivity index (χ1n) is 11.2. The van der Waals surface area contributed by atoms with Gasteiger partial charge in [0.05, 0.1) is 0 Å². The number of benzene rings is 1. The van der Waals surface area contributed by atoms with E-state index in [0.717, 1.165) is 43.3 Å². The smallest absolute Gasteiger partial charge is 0.262 e. The molecular formula is C25H25ClN4O3. The van der Waals surface area contributed by atoms with Crippen LogP contribution in [0, 0.1) is 5.92 Å². The van der Waals surface area contributed by atoms with Gasteiger partial charge in [-0.3, -0.25) is 14.5 Å². The molecule has 33 heavy (non-hydrogen) atoms. The maximum absolute atomic E-state index is 13.3. The fourth-order valence-electron chi connectivity index (χ4n) is 4.65. The van der Waals surface area contributed by atoms with Gasteiger partial charge in [0.1, 0.15) is 11.0 Å². The van der Waals surface area contributed by atoms with Crippen molar-refractivity contribution in [2.24, 2.45) is 5.92 Å². The zero-order valence-electron chi connectivity index (χ0n) is 18.4. The quantitative estimate of drug-likeness (QED) is 0.515. The van der Waals surface area contributed by atoms with E-state index in [4.69, 9.17) is 16.3 Å². The number of hydrogen-bond acceptors (Lipinski definition) is 5. The number of fused-ring (bicyclic) bond motifs is 2. The summed E-state index contributed by atoms with van der Waals surface area (Å²) in [6, 6.07) is 14.8. The number of amides is 2. The van der Waals surface area contributed by atoms with Crippen LogP contribution in [0.3, 0.4) is 0 Å². The number of piperidine rings is 1. The minimum atomic E-state index is -0.546. The molecule has 1 unspecified atom stereocenters. The molecule has 7 nitrogen and oxygen atoms in total. The summed E-state index contributed by atoms with van der Waals surface area (Å²) in [5, 5.41) is 1.20. The van der Waals surface area contributed by atoms with Gasteiger partial charge in [-0.05, 0) is 55.5 Å². The van der Waals surface area contributed by atoms with Gasteiger partial charge in [-0.1, -0.05) is 29.8 Å². The van der Waals surface area contributed by atoms with E-state index in [2.05, 4.69) is 9.97 Å². The molecule has 0 radical (unpaired) electrons. The molecule has 1 fully saturated rings. The Balaban J connectivity index is 1.35. The Morgan fingerprint density at radius 3 is 2.64 bits per heavy atom. The summed E-state index contributed by atoms with van der Waals surface area (Å²) in [7, 11) is 0. The van der Waals surface area contributed by atoms with Crippen molar-refractivity contribution in [3.8, 4) is 0 Å². The zero-order chi connectivity index (χ0) is 22.9. The van der Waals surface area contributed by atoms with E-state index < -0.39 is 6.23 Å². The Hall–Kier alpha value is -3.03. The van der Waals surface area contributed by atoms with Crippen molar-refractivity contribution in [3.05, 3.63) is 64.8 Å². The van der Waals surface area contributed by atoms with Crippen molar-refractivity contribution >= 4 is 40.3 Å². The first kappa shape index (κ1) is 21.8. The van der Waals surface area contributed by atoms with Crippen molar-refractivity contribution in [2.45, 2.75) is 32.4 Å². The highest BCUT2D eigenvalue weighted by Gasteiger charge is 2.39. The van der Waals surface area contributed by atoms with E-state index in [1.165, 1.54) is 0 Å². The highest BCUT2D eigenvalue weighted by Crippen LogP contribution is 2.38. The van der Waals surface area contributed by atoms with Gasteiger partial charge in [-0.2, -0.15) is 0 Å². The second-order valence-corrected chi connectivity index (χ2v) is 8.96. The van der Waals surface area contributed by atoms with Crippen LogP contribution in [0.4, 0.5) is 5.82 Å². The first-order chi connectivity index (χ1) is 16.0. The molecule has 4 heterocycles. The Kier molecular flexibility index (Phi) is 6.00. The molecule has 5 rings (SSSR count). The molecule has 2 aromatic heterocycles. The number of rotatable bonds is 5. The van der Waals surface area contributed by atoms with Crippen LogP contribution in [0.2, 0.25) is 5.15 Å². The van der Waals surface area contributed by atoms with Crippen LogP contribution in [0.25, 0.3) is 11.0 Å². The van der Waals surface area contributed by atoms with Gasteiger partial charge < -0.3 is 9.64 Å². The van der Waals surface area contributed by atoms with Crippen molar-refractivity contribution in [1.82, 2.24) is 14.9 Å². The van der Waals surface area contributed by atoms with Gasteiger partial charge in [-0.25, -0.2) is 9.97 Å². The van der Waals surface area contributed by atoms with Gasteiger partial charge in [0, 0.05) is 43.1 Å². The maximum atomic E-state index is 13.3. The monoisotopic (exact) mass is 464 g/mol. The molecule has 2 amide bonds. The number of hydrogen-bond donors (Lipinski definition) is 0. The summed E-state index contributed by atoms with van der Waals surface area (Å²) in [4.78, 5) is 37.3. The van der Waals surface area contributed by atoms with Crippen LogP contribution in [-0.4, -0.2) is 46.4 Å². The van der Waals surface area contributed by atoms with Gasteiger partial charge >= 0.3 is 0 Å². The predicted octanol–water partition coefficient (Wildman–Crippen LogP) is 4.61. The second-order valence-electron chi connectivity index (χ2n) is 8.57. The summed E-state index contributed by atoms with van der Waals surface area (Å²) < 4.78 is 6.32. The van der Waals surface area contributed by atoms with Crippen LogP contribution in [0.5, 0.6) is 0 Å².